The van der Waals surface area contributed by atoms with E-state index in [1.54, 1.807) is 0 Å². The zero-order valence-corrected chi connectivity index (χ0v) is 13.6. The average Bonchev–Trinajstić information content (AvgIpc) is 2.54. The number of anilines is 1. The van der Waals surface area contributed by atoms with Gasteiger partial charge in [-0.2, -0.15) is 0 Å². The molecule has 0 bridgehead atoms. The van der Waals surface area contributed by atoms with Gasteiger partial charge >= 0.3 is 0 Å². The fourth-order valence-electron chi connectivity index (χ4n) is 2.41. The highest BCUT2D eigenvalue weighted by Gasteiger charge is 2.10. The molecule has 5 nitrogen and oxygen atoms in total. The minimum absolute atomic E-state index is 0.0289. The van der Waals surface area contributed by atoms with Crippen molar-refractivity contribution in [3.05, 3.63) is 29.8 Å². The van der Waals surface area contributed by atoms with Crippen molar-refractivity contribution < 1.29 is 9.53 Å². The van der Waals surface area contributed by atoms with Crippen LogP contribution in [0.5, 0.6) is 0 Å². The summed E-state index contributed by atoms with van der Waals surface area (Å²) in [7, 11) is 0. The van der Waals surface area contributed by atoms with Crippen molar-refractivity contribution in [3.63, 3.8) is 0 Å². The normalized spacial score (nSPS) is 15.8. The number of hydrogen-bond donors (Lipinski definition) is 2. The molecule has 1 amide bonds. The van der Waals surface area contributed by atoms with E-state index in [1.807, 2.05) is 12.1 Å². The van der Waals surface area contributed by atoms with E-state index < -0.39 is 0 Å². The first-order chi connectivity index (χ1) is 10.6. The standard InChI is InChI=1S/C17H27N3O2/c1-14(2)15-3-5-16(6-4-15)19-13-17(21)18-7-8-20-9-11-22-12-10-20/h3-6,14,19H,7-13H2,1-2H3,(H,18,21). The number of morpholine rings is 1. The summed E-state index contributed by atoms with van der Waals surface area (Å²) in [6, 6.07) is 8.25. The maximum atomic E-state index is 11.8. The van der Waals surface area contributed by atoms with Crippen molar-refractivity contribution in [2.24, 2.45) is 0 Å². The third-order valence-electron chi connectivity index (χ3n) is 3.88. The Hall–Kier alpha value is -1.59. The second kappa shape index (κ2) is 8.76. The van der Waals surface area contributed by atoms with Crippen LogP contribution in [0.4, 0.5) is 5.69 Å². The smallest absolute Gasteiger partial charge is 0.239 e. The summed E-state index contributed by atoms with van der Waals surface area (Å²) in [5, 5.41) is 6.10. The molecule has 5 heteroatoms. The van der Waals surface area contributed by atoms with Gasteiger partial charge in [0.15, 0.2) is 0 Å². The first kappa shape index (κ1) is 16.8. The molecule has 1 saturated heterocycles. The molecule has 0 aliphatic carbocycles. The summed E-state index contributed by atoms with van der Waals surface area (Å²) >= 11 is 0. The van der Waals surface area contributed by atoms with E-state index in [0.29, 0.717) is 19.0 Å². The zero-order chi connectivity index (χ0) is 15.8. The molecule has 2 N–H and O–H groups in total. The Labute approximate surface area is 133 Å². The molecule has 0 spiro atoms. The molecule has 1 aromatic carbocycles. The van der Waals surface area contributed by atoms with Gasteiger partial charge in [-0.1, -0.05) is 26.0 Å². The van der Waals surface area contributed by atoms with Crippen molar-refractivity contribution >= 4 is 11.6 Å². The van der Waals surface area contributed by atoms with Crippen LogP contribution >= 0.6 is 0 Å². The van der Waals surface area contributed by atoms with Gasteiger partial charge in [-0.25, -0.2) is 0 Å². The number of nitrogens with zero attached hydrogens (tertiary/aromatic N) is 1. The van der Waals surface area contributed by atoms with Crippen LogP contribution in [0.25, 0.3) is 0 Å². The predicted molar refractivity (Wildman–Crippen MR) is 89.3 cm³/mol. The van der Waals surface area contributed by atoms with E-state index in [4.69, 9.17) is 4.74 Å². The third-order valence-corrected chi connectivity index (χ3v) is 3.88. The first-order valence-electron chi connectivity index (χ1n) is 8.06. The van der Waals surface area contributed by atoms with Gasteiger partial charge in [0, 0.05) is 31.9 Å². The summed E-state index contributed by atoms with van der Waals surface area (Å²) in [5.41, 5.74) is 2.29. The predicted octanol–water partition coefficient (Wildman–Crippen LogP) is 1.67. The Morgan fingerprint density at radius 3 is 2.55 bits per heavy atom. The summed E-state index contributed by atoms with van der Waals surface area (Å²) in [6.45, 7) is 9.72. The minimum atomic E-state index is 0.0289. The van der Waals surface area contributed by atoms with Crippen LogP contribution < -0.4 is 10.6 Å². The van der Waals surface area contributed by atoms with Crippen LogP contribution in [-0.2, 0) is 9.53 Å². The fraction of sp³-hybridized carbons (Fsp3) is 0.588. The highest BCUT2D eigenvalue weighted by molar-refractivity contribution is 5.80. The molecule has 1 aliphatic rings. The minimum Gasteiger partial charge on any atom is -0.379 e. The number of amides is 1. The Kier molecular flexibility index (Phi) is 6.68. The largest absolute Gasteiger partial charge is 0.379 e. The zero-order valence-electron chi connectivity index (χ0n) is 13.6. The van der Waals surface area contributed by atoms with Gasteiger partial charge in [0.2, 0.25) is 5.91 Å². The number of carbonyl (C=O) groups is 1. The van der Waals surface area contributed by atoms with E-state index in [0.717, 1.165) is 38.5 Å². The molecule has 1 fully saturated rings. The fourth-order valence-corrected chi connectivity index (χ4v) is 2.41. The van der Waals surface area contributed by atoms with E-state index in [1.165, 1.54) is 5.56 Å². The van der Waals surface area contributed by atoms with Gasteiger partial charge in [-0.15, -0.1) is 0 Å². The molecule has 1 aromatic rings. The summed E-state index contributed by atoms with van der Waals surface area (Å²) < 4.78 is 5.30. The molecule has 0 unspecified atom stereocenters. The average molecular weight is 305 g/mol. The van der Waals surface area contributed by atoms with Crippen molar-refractivity contribution in [1.29, 1.82) is 0 Å². The number of nitrogens with one attached hydrogen (secondary N) is 2. The molecule has 1 aliphatic heterocycles. The van der Waals surface area contributed by atoms with Crippen molar-refractivity contribution in [2.75, 3.05) is 51.3 Å². The number of carbonyl (C=O) groups excluding carboxylic acids is 1. The van der Waals surface area contributed by atoms with Crippen LogP contribution in [-0.4, -0.2) is 56.7 Å². The highest BCUT2D eigenvalue weighted by atomic mass is 16.5. The van der Waals surface area contributed by atoms with Gasteiger partial charge in [0.05, 0.1) is 19.8 Å². The van der Waals surface area contributed by atoms with Crippen LogP contribution in [0, 0.1) is 0 Å². The molecule has 2 rings (SSSR count). The monoisotopic (exact) mass is 305 g/mol. The van der Waals surface area contributed by atoms with Gasteiger partial charge in [-0.05, 0) is 23.6 Å². The van der Waals surface area contributed by atoms with E-state index >= 15 is 0 Å². The lowest BCUT2D eigenvalue weighted by Gasteiger charge is -2.26. The maximum Gasteiger partial charge on any atom is 0.239 e. The van der Waals surface area contributed by atoms with Crippen molar-refractivity contribution in [1.82, 2.24) is 10.2 Å². The maximum absolute atomic E-state index is 11.8. The molecule has 122 valence electrons. The molecule has 0 aromatic heterocycles. The first-order valence-corrected chi connectivity index (χ1v) is 8.06. The summed E-state index contributed by atoms with van der Waals surface area (Å²) in [5.74, 6) is 0.554. The lowest BCUT2D eigenvalue weighted by molar-refractivity contribution is -0.119. The lowest BCUT2D eigenvalue weighted by Crippen LogP contribution is -2.42. The topological polar surface area (TPSA) is 53.6 Å². The van der Waals surface area contributed by atoms with E-state index in [9.17, 15) is 4.79 Å². The number of benzene rings is 1. The number of ether oxygens (including phenoxy) is 1. The molecule has 0 saturated carbocycles. The van der Waals surface area contributed by atoms with Crippen LogP contribution in [0.2, 0.25) is 0 Å². The van der Waals surface area contributed by atoms with Crippen LogP contribution in [0.1, 0.15) is 25.3 Å². The van der Waals surface area contributed by atoms with Crippen LogP contribution in [0.3, 0.4) is 0 Å². The van der Waals surface area contributed by atoms with Gasteiger partial charge in [0.25, 0.3) is 0 Å². The Bertz CT molecular complexity index is 453. The number of hydrogen-bond acceptors (Lipinski definition) is 4. The molecular weight excluding hydrogens is 278 g/mol. The van der Waals surface area contributed by atoms with Crippen LogP contribution in [0.15, 0.2) is 24.3 Å². The second-order valence-electron chi connectivity index (χ2n) is 5.93. The molecule has 0 radical (unpaired) electrons. The van der Waals surface area contributed by atoms with E-state index in [2.05, 4.69) is 41.5 Å². The second-order valence-corrected chi connectivity index (χ2v) is 5.93. The van der Waals surface area contributed by atoms with E-state index in [-0.39, 0.29) is 5.91 Å². The van der Waals surface area contributed by atoms with Crippen molar-refractivity contribution in [3.8, 4) is 0 Å². The molecule has 1 heterocycles. The van der Waals surface area contributed by atoms with Gasteiger partial charge in [-0.3, -0.25) is 9.69 Å². The Balaban J connectivity index is 1.62. The third kappa shape index (κ3) is 5.66. The highest BCUT2D eigenvalue weighted by Crippen LogP contribution is 2.16. The Morgan fingerprint density at radius 2 is 1.91 bits per heavy atom. The molecule has 22 heavy (non-hydrogen) atoms. The summed E-state index contributed by atoms with van der Waals surface area (Å²) in [6.07, 6.45) is 0. The van der Waals surface area contributed by atoms with Crippen molar-refractivity contribution in [2.45, 2.75) is 19.8 Å². The summed E-state index contributed by atoms with van der Waals surface area (Å²) in [4.78, 5) is 14.1. The molecule has 0 atom stereocenters. The quantitative estimate of drug-likeness (QED) is 0.804. The Morgan fingerprint density at radius 1 is 1.23 bits per heavy atom. The lowest BCUT2D eigenvalue weighted by atomic mass is 10.0. The molecular formula is C17H27N3O2. The van der Waals surface area contributed by atoms with Gasteiger partial charge < -0.3 is 15.4 Å². The van der Waals surface area contributed by atoms with Gasteiger partial charge in [0.1, 0.15) is 0 Å². The number of rotatable bonds is 7. The SMILES string of the molecule is CC(C)c1ccc(NCC(=O)NCCN2CCOCC2)cc1.